The van der Waals surface area contributed by atoms with Crippen molar-refractivity contribution in [2.45, 2.75) is 4.83 Å². The third kappa shape index (κ3) is 2.32. The smallest absolute Gasteiger partial charge is 0.0991 e. The standard InChI is InChI=1S/C14H10BrN/c15-14(12-4-2-1-3-5-12)13-8-6-11(10-16)7-9-13/h1-9,14H/t14-/m0/s1. The molecular formula is C14H10BrN. The number of halogens is 1. The van der Waals surface area contributed by atoms with Crippen LogP contribution < -0.4 is 0 Å². The molecule has 0 aliphatic heterocycles. The van der Waals surface area contributed by atoms with Gasteiger partial charge in [0.15, 0.2) is 0 Å². The molecule has 0 saturated heterocycles. The summed E-state index contributed by atoms with van der Waals surface area (Å²) < 4.78 is 0. The maximum atomic E-state index is 8.72. The molecule has 1 atom stereocenters. The molecule has 0 bridgehead atoms. The van der Waals surface area contributed by atoms with Crippen molar-refractivity contribution in [3.05, 3.63) is 71.3 Å². The molecule has 0 aliphatic rings. The Morgan fingerprint density at radius 1 is 0.875 bits per heavy atom. The summed E-state index contributed by atoms with van der Waals surface area (Å²) in [6, 6.07) is 20.0. The molecule has 0 heterocycles. The van der Waals surface area contributed by atoms with Gasteiger partial charge in [-0.25, -0.2) is 0 Å². The van der Waals surface area contributed by atoms with E-state index in [1.165, 1.54) is 5.56 Å². The fourth-order valence-electron chi connectivity index (χ4n) is 1.54. The largest absolute Gasteiger partial charge is 0.192 e. The molecule has 0 fully saturated rings. The zero-order valence-corrected chi connectivity index (χ0v) is 10.2. The van der Waals surface area contributed by atoms with Gasteiger partial charge in [0, 0.05) is 0 Å². The van der Waals surface area contributed by atoms with Gasteiger partial charge in [-0.3, -0.25) is 0 Å². The molecule has 16 heavy (non-hydrogen) atoms. The molecule has 2 aromatic carbocycles. The maximum Gasteiger partial charge on any atom is 0.0991 e. The van der Waals surface area contributed by atoms with Crippen LogP contribution in [0.15, 0.2) is 54.6 Å². The van der Waals surface area contributed by atoms with Crippen LogP contribution in [-0.2, 0) is 0 Å². The normalized spacial score (nSPS) is 11.8. The van der Waals surface area contributed by atoms with Gasteiger partial charge in [0.2, 0.25) is 0 Å². The highest BCUT2D eigenvalue weighted by Crippen LogP contribution is 2.30. The molecular weight excluding hydrogens is 262 g/mol. The molecule has 1 nitrogen and oxygen atoms in total. The number of benzene rings is 2. The lowest BCUT2D eigenvalue weighted by molar-refractivity contribution is 1.18. The Bertz CT molecular complexity index is 497. The van der Waals surface area contributed by atoms with Crippen molar-refractivity contribution in [2.75, 3.05) is 0 Å². The number of alkyl halides is 1. The van der Waals surface area contributed by atoms with E-state index in [-0.39, 0.29) is 4.83 Å². The van der Waals surface area contributed by atoms with Gasteiger partial charge >= 0.3 is 0 Å². The van der Waals surface area contributed by atoms with Crippen LogP contribution in [0.25, 0.3) is 0 Å². The van der Waals surface area contributed by atoms with Gasteiger partial charge < -0.3 is 0 Å². The SMILES string of the molecule is N#Cc1ccc([C@@H](Br)c2ccccc2)cc1. The molecule has 0 aromatic heterocycles. The Morgan fingerprint density at radius 3 is 2.00 bits per heavy atom. The van der Waals surface area contributed by atoms with E-state index in [0.29, 0.717) is 5.56 Å². The molecule has 2 aromatic rings. The highest BCUT2D eigenvalue weighted by atomic mass is 79.9. The van der Waals surface area contributed by atoms with Crippen molar-refractivity contribution in [1.29, 1.82) is 5.26 Å². The summed E-state index contributed by atoms with van der Waals surface area (Å²) in [6.45, 7) is 0. The van der Waals surface area contributed by atoms with Gasteiger partial charge in [-0.05, 0) is 23.3 Å². The van der Waals surface area contributed by atoms with Gasteiger partial charge in [0.25, 0.3) is 0 Å². The van der Waals surface area contributed by atoms with Crippen molar-refractivity contribution < 1.29 is 0 Å². The summed E-state index contributed by atoms with van der Waals surface area (Å²) in [4.78, 5) is 0.182. The van der Waals surface area contributed by atoms with Crippen LogP contribution in [0.3, 0.4) is 0 Å². The molecule has 0 radical (unpaired) electrons. The van der Waals surface area contributed by atoms with Crippen molar-refractivity contribution in [3.8, 4) is 6.07 Å². The highest BCUT2D eigenvalue weighted by molar-refractivity contribution is 9.09. The van der Waals surface area contributed by atoms with E-state index in [4.69, 9.17) is 5.26 Å². The topological polar surface area (TPSA) is 23.8 Å². The monoisotopic (exact) mass is 271 g/mol. The van der Waals surface area contributed by atoms with Gasteiger partial charge in [0.05, 0.1) is 16.5 Å². The van der Waals surface area contributed by atoms with Crippen LogP contribution >= 0.6 is 15.9 Å². The first-order valence-corrected chi connectivity index (χ1v) is 5.92. The minimum atomic E-state index is 0.182. The summed E-state index contributed by atoms with van der Waals surface area (Å²) in [6.07, 6.45) is 0. The van der Waals surface area contributed by atoms with E-state index in [1.54, 1.807) is 0 Å². The predicted molar refractivity (Wildman–Crippen MR) is 68.4 cm³/mol. The number of rotatable bonds is 2. The summed E-state index contributed by atoms with van der Waals surface area (Å²) >= 11 is 3.66. The van der Waals surface area contributed by atoms with Gasteiger partial charge in [-0.1, -0.05) is 58.4 Å². The van der Waals surface area contributed by atoms with Crippen molar-refractivity contribution >= 4 is 15.9 Å². The van der Waals surface area contributed by atoms with Crippen molar-refractivity contribution in [1.82, 2.24) is 0 Å². The van der Waals surface area contributed by atoms with E-state index >= 15 is 0 Å². The molecule has 0 amide bonds. The van der Waals surface area contributed by atoms with E-state index in [1.807, 2.05) is 42.5 Å². The van der Waals surface area contributed by atoms with E-state index in [2.05, 4.69) is 34.1 Å². The summed E-state index contributed by atoms with van der Waals surface area (Å²) in [5, 5.41) is 8.72. The first kappa shape index (κ1) is 10.9. The van der Waals surface area contributed by atoms with Crippen LogP contribution in [0, 0.1) is 11.3 Å². The number of nitrogens with zero attached hydrogens (tertiary/aromatic N) is 1. The summed E-state index contributed by atoms with van der Waals surface area (Å²) in [5.41, 5.74) is 3.06. The third-order valence-corrected chi connectivity index (χ3v) is 3.48. The Balaban J connectivity index is 2.28. The second-order valence-electron chi connectivity index (χ2n) is 3.51. The lowest BCUT2D eigenvalue weighted by Crippen LogP contribution is -1.92. The zero-order valence-electron chi connectivity index (χ0n) is 8.60. The van der Waals surface area contributed by atoms with E-state index < -0.39 is 0 Å². The second kappa shape index (κ2) is 4.96. The van der Waals surface area contributed by atoms with Crippen molar-refractivity contribution in [2.24, 2.45) is 0 Å². The molecule has 78 valence electrons. The highest BCUT2D eigenvalue weighted by Gasteiger charge is 2.08. The Labute approximate surface area is 103 Å². The summed E-state index contributed by atoms with van der Waals surface area (Å²) in [5.74, 6) is 0. The molecule has 0 spiro atoms. The van der Waals surface area contributed by atoms with Gasteiger partial charge in [-0.2, -0.15) is 5.26 Å². The lowest BCUT2D eigenvalue weighted by Gasteiger charge is -2.10. The second-order valence-corrected chi connectivity index (χ2v) is 4.42. The lowest BCUT2D eigenvalue weighted by atomic mass is 10.0. The van der Waals surface area contributed by atoms with Crippen molar-refractivity contribution in [3.63, 3.8) is 0 Å². The molecule has 2 heteroatoms. The fraction of sp³-hybridized carbons (Fsp3) is 0.0714. The Kier molecular flexibility index (Phi) is 3.38. The average Bonchev–Trinajstić information content (AvgIpc) is 2.39. The molecule has 0 N–H and O–H groups in total. The van der Waals surface area contributed by atoms with E-state index in [9.17, 15) is 0 Å². The molecule has 0 saturated carbocycles. The maximum absolute atomic E-state index is 8.72. The average molecular weight is 272 g/mol. The number of hydrogen-bond acceptors (Lipinski definition) is 1. The minimum absolute atomic E-state index is 0.182. The van der Waals surface area contributed by atoms with Crippen LogP contribution in [0.4, 0.5) is 0 Å². The molecule has 0 aliphatic carbocycles. The quantitative estimate of drug-likeness (QED) is 0.757. The Morgan fingerprint density at radius 2 is 1.44 bits per heavy atom. The minimum Gasteiger partial charge on any atom is -0.192 e. The molecule has 2 rings (SSSR count). The van der Waals surface area contributed by atoms with Crippen LogP contribution in [-0.4, -0.2) is 0 Å². The predicted octanol–water partition coefficient (Wildman–Crippen LogP) is 4.04. The zero-order chi connectivity index (χ0) is 11.4. The van der Waals surface area contributed by atoms with Crippen LogP contribution in [0.1, 0.15) is 21.5 Å². The fourth-order valence-corrected chi connectivity index (χ4v) is 2.15. The van der Waals surface area contributed by atoms with Gasteiger partial charge in [0.1, 0.15) is 0 Å². The summed E-state index contributed by atoms with van der Waals surface area (Å²) in [7, 11) is 0. The first-order valence-electron chi connectivity index (χ1n) is 5.00. The third-order valence-electron chi connectivity index (χ3n) is 2.42. The number of nitriles is 1. The first-order chi connectivity index (χ1) is 7.81. The van der Waals surface area contributed by atoms with E-state index in [0.717, 1.165) is 5.56 Å². The molecule has 0 unspecified atom stereocenters. The van der Waals surface area contributed by atoms with Crippen LogP contribution in [0.5, 0.6) is 0 Å². The number of hydrogen-bond donors (Lipinski definition) is 0. The van der Waals surface area contributed by atoms with Gasteiger partial charge in [-0.15, -0.1) is 0 Å². The Hall–Kier alpha value is -1.59. The van der Waals surface area contributed by atoms with Crippen LogP contribution in [0.2, 0.25) is 0 Å².